The van der Waals surface area contributed by atoms with Crippen LogP contribution in [0.1, 0.15) is 13.8 Å². The van der Waals surface area contributed by atoms with Crippen molar-refractivity contribution in [2.75, 3.05) is 12.9 Å². The van der Waals surface area contributed by atoms with E-state index in [1.165, 1.54) is 14.0 Å². The second-order valence-electron chi connectivity index (χ2n) is 4.69. The summed E-state index contributed by atoms with van der Waals surface area (Å²) in [7, 11) is 1.20. The van der Waals surface area contributed by atoms with Gasteiger partial charge in [0.2, 0.25) is 5.91 Å². The van der Waals surface area contributed by atoms with Gasteiger partial charge in [0.05, 0.1) is 18.6 Å². The smallest absolute Gasteiger partial charge is 0.372 e. The first-order chi connectivity index (χ1) is 11.3. The number of amidine groups is 1. The lowest BCUT2D eigenvalue weighted by Crippen LogP contribution is -2.42. The van der Waals surface area contributed by atoms with Crippen LogP contribution in [-0.2, 0) is 14.3 Å². The zero-order chi connectivity index (χ0) is 18.1. The zero-order valence-electron chi connectivity index (χ0n) is 13.6. The molecule has 0 fully saturated rings. The highest BCUT2D eigenvalue weighted by molar-refractivity contribution is 8.13. The van der Waals surface area contributed by atoms with E-state index in [-0.39, 0.29) is 5.75 Å². The molecule has 0 bridgehead atoms. The van der Waals surface area contributed by atoms with Gasteiger partial charge in [0.1, 0.15) is 11.8 Å². The van der Waals surface area contributed by atoms with Crippen molar-refractivity contribution in [3.8, 4) is 5.75 Å². The van der Waals surface area contributed by atoms with Crippen molar-refractivity contribution >= 4 is 40.5 Å². The Hall–Kier alpha value is -2.55. The van der Waals surface area contributed by atoms with Crippen molar-refractivity contribution in [1.29, 1.82) is 0 Å². The number of ether oxygens (including phenoxy) is 2. The first kappa shape index (κ1) is 19.5. The Morgan fingerprint density at radius 2 is 1.88 bits per heavy atom. The van der Waals surface area contributed by atoms with Crippen LogP contribution in [0.5, 0.6) is 5.75 Å². The first-order valence-corrected chi connectivity index (χ1v) is 7.90. The number of nitrogens with one attached hydrogen (secondary N) is 1. The summed E-state index contributed by atoms with van der Waals surface area (Å²) in [5.74, 6) is -0.284. The van der Waals surface area contributed by atoms with Crippen LogP contribution in [-0.4, -0.2) is 41.9 Å². The molecule has 1 rings (SSSR count). The number of esters is 1. The number of benzene rings is 1. The van der Waals surface area contributed by atoms with Gasteiger partial charge in [-0.3, -0.25) is 4.79 Å². The summed E-state index contributed by atoms with van der Waals surface area (Å²) in [6.45, 7) is 2.93. The molecule has 9 heteroatoms. The topological polar surface area (TPSA) is 120 Å². The number of aliphatic imine (C=N–C) groups is 1. The van der Waals surface area contributed by atoms with Gasteiger partial charge >= 0.3 is 11.3 Å². The lowest BCUT2D eigenvalue weighted by Gasteiger charge is -2.14. The molecule has 24 heavy (non-hydrogen) atoms. The van der Waals surface area contributed by atoms with E-state index in [1.54, 1.807) is 31.2 Å². The minimum atomic E-state index is -0.922. The van der Waals surface area contributed by atoms with Crippen LogP contribution in [0.2, 0.25) is 0 Å². The summed E-state index contributed by atoms with van der Waals surface area (Å²) in [5.41, 5.74) is 6.11. The van der Waals surface area contributed by atoms with Crippen LogP contribution in [0.25, 0.3) is 0 Å². The first-order valence-electron chi connectivity index (χ1n) is 6.92. The van der Waals surface area contributed by atoms with Gasteiger partial charge in [0.15, 0.2) is 0 Å². The second kappa shape index (κ2) is 9.56. The number of methoxy groups -OCH3 is 1. The number of carbonyl (C=O) groups is 3. The monoisotopic (exact) mass is 353 g/mol. The number of hydrogen-bond acceptors (Lipinski definition) is 7. The Bertz CT molecular complexity index is 627. The average Bonchev–Trinajstić information content (AvgIpc) is 2.51. The Labute approximate surface area is 143 Å². The van der Waals surface area contributed by atoms with Gasteiger partial charge in [-0.25, -0.2) is 14.6 Å². The van der Waals surface area contributed by atoms with E-state index in [4.69, 9.17) is 10.5 Å². The molecule has 0 spiro atoms. The van der Waals surface area contributed by atoms with E-state index in [1.807, 2.05) is 0 Å². The van der Waals surface area contributed by atoms with E-state index in [2.05, 4.69) is 15.0 Å². The molecule has 0 saturated carbocycles. The lowest BCUT2D eigenvalue weighted by molar-refractivity contribution is -0.144. The minimum absolute atomic E-state index is 0.000167. The van der Waals surface area contributed by atoms with Crippen LogP contribution >= 0.6 is 11.8 Å². The summed E-state index contributed by atoms with van der Waals surface area (Å²) in [6.07, 6.45) is 0. The fraction of sp³-hybridized carbons (Fsp3) is 0.333. The number of amides is 1. The maximum absolute atomic E-state index is 11.8. The third-order valence-corrected chi connectivity index (χ3v) is 3.39. The van der Waals surface area contributed by atoms with Gasteiger partial charge in [-0.1, -0.05) is 0 Å². The molecule has 1 unspecified atom stereocenters. The summed E-state index contributed by atoms with van der Waals surface area (Å²) in [4.78, 5) is 38.4. The summed E-state index contributed by atoms with van der Waals surface area (Å²) >= 11 is 0.756. The number of carbonyl (C=O) groups excluding carboxylic acids is 3. The molecule has 0 heterocycles. The summed E-state index contributed by atoms with van der Waals surface area (Å²) in [6, 6.07) is 5.53. The highest BCUT2D eigenvalue weighted by Gasteiger charge is 2.22. The third kappa shape index (κ3) is 7.14. The molecule has 0 saturated heterocycles. The Morgan fingerprint density at radius 3 is 2.38 bits per heavy atom. The van der Waals surface area contributed by atoms with Crippen LogP contribution in [0, 0.1) is 0 Å². The maximum atomic E-state index is 11.8. The molecule has 0 aromatic heterocycles. The van der Waals surface area contributed by atoms with E-state index in [9.17, 15) is 14.4 Å². The van der Waals surface area contributed by atoms with Gasteiger partial charge in [0.25, 0.3) is 0 Å². The maximum Gasteiger partial charge on any atom is 0.372 e. The Balaban J connectivity index is 2.57. The van der Waals surface area contributed by atoms with Gasteiger partial charge in [0, 0.05) is 12.7 Å². The fourth-order valence-corrected chi connectivity index (χ4v) is 2.30. The van der Waals surface area contributed by atoms with Crippen LogP contribution in [0.4, 0.5) is 10.5 Å². The van der Waals surface area contributed by atoms with Gasteiger partial charge in [-0.15, -0.1) is 0 Å². The molecule has 130 valence electrons. The van der Waals surface area contributed by atoms with E-state index < -0.39 is 23.2 Å². The van der Waals surface area contributed by atoms with E-state index in [0.29, 0.717) is 17.3 Å². The summed E-state index contributed by atoms with van der Waals surface area (Å²) < 4.78 is 9.69. The quantitative estimate of drug-likeness (QED) is 0.453. The lowest BCUT2D eigenvalue weighted by atomic mass is 10.3. The SMILES string of the molecule is COC(=O)C(CSC(=O)Oc1ccc(N=C(C)N)cc1)NC(C)=O. The molecule has 1 amide bonds. The molecule has 0 aliphatic rings. The standard InChI is InChI=1S/C15H19N3O5S/c1-9(16)17-11-4-6-12(7-5-11)23-15(21)24-8-13(14(20)22-3)18-10(2)19/h4-7,13H,8H2,1-3H3,(H2,16,17)(H,18,19). The molecule has 1 atom stereocenters. The summed E-state index contributed by atoms with van der Waals surface area (Å²) in [5, 5.41) is 1.80. The molecule has 0 radical (unpaired) electrons. The van der Waals surface area contributed by atoms with Gasteiger partial charge in [-0.05, 0) is 43.0 Å². The molecule has 3 N–H and O–H groups in total. The number of nitrogens with zero attached hydrogens (tertiary/aromatic N) is 1. The minimum Gasteiger partial charge on any atom is -0.467 e. The van der Waals surface area contributed by atoms with Crippen molar-refractivity contribution in [2.45, 2.75) is 19.9 Å². The number of hydrogen-bond donors (Lipinski definition) is 2. The number of rotatable bonds is 6. The molecular weight excluding hydrogens is 334 g/mol. The van der Waals surface area contributed by atoms with E-state index in [0.717, 1.165) is 11.8 Å². The van der Waals surface area contributed by atoms with Crippen molar-refractivity contribution in [1.82, 2.24) is 5.32 Å². The number of nitrogens with two attached hydrogens (primary N) is 1. The predicted molar refractivity (Wildman–Crippen MR) is 91.5 cm³/mol. The largest absolute Gasteiger partial charge is 0.467 e. The van der Waals surface area contributed by atoms with Gasteiger partial charge < -0.3 is 20.5 Å². The van der Waals surface area contributed by atoms with Crippen molar-refractivity contribution < 1.29 is 23.9 Å². The predicted octanol–water partition coefficient (Wildman–Crippen LogP) is 1.60. The highest BCUT2D eigenvalue weighted by Crippen LogP contribution is 2.20. The number of thioether (sulfide) groups is 1. The normalized spacial score (nSPS) is 12.2. The van der Waals surface area contributed by atoms with Crippen LogP contribution in [0.3, 0.4) is 0 Å². The zero-order valence-corrected chi connectivity index (χ0v) is 14.4. The molecule has 1 aromatic carbocycles. The van der Waals surface area contributed by atoms with Gasteiger partial charge in [-0.2, -0.15) is 0 Å². The van der Waals surface area contributed by atoms with Crippen LogP contribution < -0.4 is 15.8 Å². The third-order valence-electron chi connectivity index (χ3n) is 2.57. The molecule has 0 aliphatic carbocycles. The second-order valence-corrected chi connectivity index (χ2v) is 5.64. The van der Waals surface area contributed by atoms with Crippen molar-refractivity contribution in [3.63, 3.8) is 0 Å². The molecular formula is C15H19N3O5S. The Morgan fingerprint density at radius 1 is 1.25 bits per heavy atom. The molecule has 1 aromatic rings. The van der Waals surface area contributed by atoms with Crippen molar-refractivity contribution in [3.05, 3.63) is 24.3 Å². The molecule has 8 nitrogen and oxygen atoms in total. The van der Waals surface area contributed by atoms with Crippen molar-refractivity contribution in [2.24, 2.45) is 10.7 Å². The van der Waals surface area contributed by atoms with Crippen LogP contribution in [0.15, 0.2) is 29.3 Å². The highest BCUT2D eigenvalue weighted by atomic mass is 32.2. The fourth-order valence-electron chi connectivity index (χ4n) is 1.63. The van der Waals surface area contributed by atoms with E-state index >= 15 is 0 Å². The Kier molecular flexibility index (Phi) is 7.76. The molecule has 0 aliphatic heterocycles. The average molecular weight is 353 g/mol.